The normalized spacial score (nSPS) is 20.3. The first-order valence-corrected chi connectivity index (χ1v) is 12.5. The number of nitrogens with one attached hydrogen (secondary N) is 1. The molecule has 2 aromatic carbocycles. The van der Waals surface area contributed by atoms with E-state index >= 15 is 0 Å². The molecule has 8 nitrogen and oxygen atoms in total. The van der Waals surface area contributed by atoms with Gasteiger partial charge in [0.2, 0.25) is 5.91 Å². The summed E-state index contributed by atoms with van der Waals surface area (Å²) in [6.07, 6.45) is -0.146. The molecule has 2 aromatic rings. The van der Waals surface area contributed by atoms with Crippen LogP contribution < -0.4 is 9.46 Å². The Bertz CT molecular complexity index is 1060. The van der Waals surface area contributed by atoms with E-state index in [1.165, 1.54) is 12.1 Å². The van der Waals surface area contributed by atoms with Gasteiger partial charge in [0, 0.05) is 30.3 Å². The Balaban J connectivity index is 1.97. The van der Waals surface area contributed by atoms with Crippen molar-refractivity contribution in [1.82, 2.24) is 9.80 Å². The number of amides is 1. The lowest BCUT2D eigenvalue weighted by atomic mass is 10.0. The second kappa shape index (κ2) is 10.5. The number of ether oxygens (including phenoxy) is 1. The van der Waals surface area contributed by atoms with E-state index in [0.29, 0.717) is 30.1 Å². The fraction of sp³-hybridized carbons (Fsp3) is 0.458. The van der Waals surface area contributed by atoms with Gasteiger partial charge in [-0.15, -0.1) is 0 Å². The number of aliphatic hydroxyl groups excluding tert-OH is 1. The quantitative estimate of drug-likeness (QED) is 0.637. The lowest BCUT2D eigenvalue weighted by Gasteiger charge is -2.33. The van der Waals surface area contributed by atoms with Gasteiger partial charge in [-0.3, -0.25) is 9.52 Å². The smallest absolute Gasteiger partial charge is 0.261 e. The van der Waals surface area contributed by atoms with Crippen molar-refractivity contribution in [1.29, 1.82) is 0 Å². The second-order valence-corrected chi connectivity index (χ2v) is 10.6. The standard InChI is InChI=1S/C24H33N3O5S/c1-17-14-27(18(2)16-28)24(29)13-19-12-20(10-11-22(19)32-23(17)15-26(3)4)25-33(30,31)21-8-6-5-7-9-21/h5-12,17-18,23,25,28H,13-16H2,1-4H3/t17-,18-,23-/m0/s1. The summed E-state index contributed by atoms with van der Waals surface area (Å²) in [7, 11) is 0.159. The maximum Gasteiger partial charge on any atom is 0.261 e. The van der Waals surface area contributed by atoms with E-state index in [0.717, 1.165) is 0 Å². The van der Waals surface area contributed by atoms with Crippen molar-refractivity contribution in [3.05, 3.63) is 54.1 Å². The Morgan fingerprint density at radius 3 is 2.55 bits per heavy atom. The molecular formula is C24H33N3O5S. The summed E-state index contributed by atoms with van der Waals surface area (Å²) >= 11 is 0. The van der Waals surface area contributed by atoms with E-state index in [9.17, 15) is 18.3 Å². The molecular weight excluding hydrogens is 442 g/mol. The first-order valence-electron chi connectivity index (χ1n) is 11.0. The molecule has 0 saturated heterocycles. The Morgan fingerprint density at radius 2 is 1.91 bits per heavy atom. The molecule has 0 fully saturated rings. The Labute approximate surface area is 196 Å². The minimum absolute atomic E-state index is 0.0209. The van der Waals surface area contributed by atoms with Crippen molar-refractivity contribution in [3.8, 4) is 5.75 Å². The van der Waals surface area contributed by atoms with Crippen LogP contribution in [0.25, 0.3) is 0 Å². The molecule has 0 bridgehead atoms. The van der Waals surface area contributed by atoms with Crippen LogP contribution in [0.1, 0.15) is 19.4 Å². The molecule has 0 radical (unpaired) electrons. The van der Waals surface area contributed by atoms with E-state index in [1.807, 2.05) is 32.8 Å². The molecule has 0 saturated carbocycles. The zero-order valence-corrected chi connectivity index (χ0v) is 20.4. The summed E-state index contributed by atoms with van der Waals surface area (Å²) in [5.74, 6) is 0.442. The van der Waals surface area contributed by atoms with Gasteiger partial charge in [-0.2, -0.15) is 0 Å². The highest BCUT2D eigenvalue weighted by Crippen LogP contribution is 2.30. The molecule has 1 aliphatic rings. The van der Waals surface area contributed by atoms with Crippen molar-refractivity contribution >= 4 is 21.6 Å². The topological polar surface area (TPSA) is 99.2 Å². The maximum atomic E-state index is 13.2. The second-order valence-electron chi connectivity index (χ2n) is 8.89. The van der Waals surface area contributed by atoms with Gasteiger partial charge in [0.25, 0.3) is 10.0 Å². The number of nitrogens with zero attached hydrogens (tertiary/aromatic N) is 2. The predicted octanol–water partition coefficient (Wildman–Crippen LogP) is 2.20. The summed E-state index contributed by atoms with van der Waals surface area (Å²) in [5, 5.41) is 9.70. The number of rotatable bonds is 7. The highest BCUT2D eigenvalue weighted by atomic mass is 32.2. The summed E-state index contributed by atoms with van der Waals surface area (Å²) in [5.41, 5.74) is 0.952. The number of hydrogen-bond acceptors (Lipinski definition) is 6. The fourth-order valence-electron chi connectivity index (χ4n) is 3.88. The number of likely N-dealkylation sites (N-methyl/N-ethyl adjacent to an activating group) is 1. The van der Waals surface area contributed by atoms with Crippen LogP contribution in [0.2, 0.25) is 0 Å². The number of carbonyl (C=O) groups excluding carboxylic acids is 1. The molecule has 3 rings (SSSR count). The third-order valence-electron chi connectivity index (χ3n) is 5.77. The van der Waals surface area contributed by atoms with Gasteiger partial charge in [0.15, 0.2) is 0 Å². The number of benzene rings is 2. The van der Waals surface area contributed by atoms with E-state index in [4.69, 9.17) is 4.74 Å². The van der Waals surface area contributed by atoms with Gasteiger partial charge in [0.05, 0.1) is 24.0 Å². The summed E-state index contributed by atoms with van der Waals surface area (Å²) in [6, 6.07) is 12.8. The minimum atomic E-state index is -3.77. The summed E-state index contributed by atoms with van der Waals surface area (Å²) < 4.78 is 34.5. The van der Waals surface area contributed by atoms with Crippen LogP contribution in [-0.2, 0) is 21.2 Å². The third-order valence-corrected chi connectivity index (χ3v) is 7.16. The molecule has 3 atom stereocenters. The Morgan fingerprint density at radius 1 is 1.21 bits per heavy atom. The molecule has 9 heteroatoms. The van der Waals surface area contributed by atoms with E-state index in [-0.39, 0.29) is 41.9 Å². The molecule has 1 aliphatic heterocycles. The van der Waals surface area contributed by atoms with Crippen molar-refractivity contribution in [3.63, 3.8) is 0 Å². The molecule has 0 aliphatic carbocycles. The molecule has 1 amide bonds. The molecule has 2 N–H and O–H groups in total. The van der Waals surface area contributed by atoms with Crippen molar-refractivity contribution in [2.75, 3.05) is 38.5 Å². The van der Waals surface area contributed by atoms with Gasteiger partial charge in [-0.25, -0.2) is 8.42 Å². The number of carbonyl (C=O) groups is 1. The number of sulfonamides is 1. The Hall–Kier alpha value is -2.62. The van der Waals surface area contributed by atoms with Crippen LogP contribution >= 0.6 is 0 Å². The zero-order chi connectivity index (χ0) is 24.2. The van der Waals surface area contributed by atoms with Gasteiger partial charge < -0.3 is 19.6 Å². The fourth-order valence-corrected chi connectivity index (χ4v) is 4.96. The average Bonchev–Trinajstić information content (AvgIpc) is 2.81. The van der Waals surface area contributed by atoms with Crippen molar-refractivity contribution < 1.29 is 23.1 Å². The van der Waals surface area contributed by atoms with Crippen LogP contribution in [0, 0.1) is 5.92 Å². The van der Waals surface area contributed by atoms with Crippen LogP contribution in [-0.4, -0.2) is 75.2 Å². The first-order chi connectivity index (χ1) is 15.6. The molecule has 0 unspecified atom stereocenters. The molecule has 0 spiro atoms. The van der Waals surface area contributed by atoms with Crippen LogP contribution in [0.15, 0.2) is 53.4 Å². The molecule has 33 heavy (non-hydrogen) atoms. The summed E-state index contributed by atoms with van der Waals surface area (Å²) in [6.45, 7) is 4.82. The average molecular weight is 476 g/mol. The van der Waals surface area contributed by atoms with Gasteiger partial charge in [-0.1, -0.05) is 25.1 Å². The van der Waals surface area contributed by atoms with E-state index in [1.54, 1.807) is 41.3 Å². The van der Waals surface area contributed by atoms with Crippen LogP contribution in [0.3, 0.4) is 0 Å². The molecule has 180 valence electrons. The highest BCUT2D eigenvalue weighted by molar-refractivity contribution is 7.92. The third kappa shape index (κ3) is 6.25. The van der Waals surface area contributed by atoms with Crippen LogP contribution in [0.4, 0.5) is 5.69 Å². The monoisotopic (exact) mass is 475 g/mol. The number of aliphatic hydroxyl groups is 1. The maximum absolute atomic E-state index is 13.2. The van der Waals surface area contributed by atoms with Gasteiger partial charge in [-0.05, 0) is 51.4 Å². The van der Waals surface area contributed by atoms with Crippen molar-refractivity contribution in [2.45, 2.75) is 37.3 Å². The number of fused-ring (bicyclic) bond motifs is 1. The van der Waals surface area contributed by atoms with E-state index < -0.39 is 10.0 Å². The lowest BCUT2D eigenvalue weighted by molar-refractivity contribution is -0.134. The SMILES string of the molecule is C[C@H]1CN([C@@H](C)CO)C(=O)Cc2cc(NS(=O)(=O)c3ccccc3)ccc2O[C@H]1CN(C)C. The first kappa shape index (κ1) is 25.0. The largest absolute Gasteiger partial charge is 0.488 e. The highest BCUT2D eigenvalue weighted by Gasteiger charge is 2.31. The molecule has 0 aromatic heterocycles. The zero-order valence-electron chi connectivity index (χ0n) is 19.6. The lowest BCUT2D eigenvalue weighted by Crippen LogP contribution is -2.47. The number of anilines is 1. The van der Waals surface area contributed by atoms with Crippen LogP contribution in [0.5, 0.6) is 5.75 Å². The molecule has 1 heterocycles. The minimum Gasteiger partial charge on any atom is -0.488 e. The van der Waals surface area contributed by atoms with Gasteiger partial charge in [0.1, 0.15) is 11.9 Å². The predicted molar refractivity (Wildman–Crippen MR) is 128 cm³/mol. The van der Waals surface area contributed by atoms with E-state index in [2.05, 4.69) is 4.72 Å². The number of hydrogen-bond donors (Lipinski definition) is 2. The Kier molecular flexibility index (Phi) is 7.99. The van der Waals surface area contributed by atoms with Crippen molar-refractivity contribution in [2.24, 2.45) is 5.92 Å². The van der Waals surface area contributed by atoms with Gasteiger partial charge >= 0.3 is 0 Å². The summed E-state index contributed by atoms with van der Waals surface area (Å²) in [4.78, 5) is 17.1.